The van der Waals surface area contributed by atoms with Gasteiger partial charge < -0.3 is 5.32 Å². The predicted molar refractivity (Wildman–Crippen MR) is 84.9 cm³/mol. The fourth-order valence-electron chi connectivity index (χ4n) is 3.72. The third-order valence-electron chi connectivity index (χ3n) is 4.66. The van der Waals surface area contributed by atoms with Crippen LogP contribution in [0.25, 0.3) is 10.2 Å². The molecule has 2 fully saturated rings. The molecule has 1 aromatic carbocycles. The Labute approximate surface area is 129 Å². The minimum Gasteiger partial charge on any atom is -0.302 e. The van der Waals surface area contributed by atoms with E-state index in [1.165, 1.54) is 19.3 Å². The van der Waals surface area contributed by atoms with Gasteiger partial charge in [-0.2, -0.15) is 0 Å². The van der Waals surface area contributed by atoms with Gasteiger partial charge in [0.2, 0.25) is 5.91 Å². The van der Waals surface area contributed by atoms with E-state index in [1.54, 1.807) is 11.3 Å². The van der Waals surface area contributed by atoms with Crippen LogP contribution in [0.4, 0.5) is 5.13 Å². The Morgan fingerprint density at radius 3 is 3.00 bits per heavy atom. The molecule has 0 radical (unpaired) electrons. The van der Waals surface area contributed by atoms with E-state index in [9.17, 15) is 4.79 Å². The average molecular weight is 351 g/mol. The third kappa shape index (κ3) is 2.17. The standard InChI is InChI=1S/C15H15BrN2OS/c16-10-3-4-12-13(7-10)20-15(17-12)18-14(19)11-6-8-1-2-9(11)5-8/h3-4,7-9,11H,1-2,5-6H2,(H,17,18,19). The van der Waals surface area contributed by atoms with Crippen molar-refractivity contribution in [3.8, 4) is 0 Å². The molecule has 104 valence electrons. The van der Waals surface area contributed by atoms with Crippen LogP contribution in [0.1, 0.15) is 25.7 Å². The van der Waals surface area contributed by atoms with Crippen LogP contribution < -0.4 is 5.32 Å². The van der Waals surface area contributed by atoms with Gasteiger partial charge in [0.25, 0.3) is 0 Å². The van der Waals surface area contributed by atoms with E-state index in [1.807, 2.05) is 18.2 Å². The second-order valence-electron chi connectivity index (χ2n) is 5.90. The van der Waals surface area contributed by atoms with Gasteiger partial charge in [-0.05, 0) is 49.3 Å². The third-order valence-corrected chi connectivity index (χ3v) is 6.08. The fraction of sp³-hybridized carbons (Fsp3) is 0.467. The number of thiazole rings is 1. The Bertz CT molecular complexity index is 684. The molecule has 2 aliphatic carbocycles. The van der Waals surface area contributed by atoms with E-state index < -0.39 is 0 Å². The zero-order valence-electron chi connectivity index (χ0n) is 10.9. The highest BCUT2D eigenvalue weighted by Crippen LogP contribution is 2.48. The summed E-state index contributed by atoms with van der Waals surface area (Å²) in [6.07, 6.45) is 4.89. The summed E-state index contributed by atoms with van der Waals surface area (Å²) >= 11 is 5.01. The SMILES string of the molecule is O=C(Nc1nc2ccc(Br)cc2s1)C1CC2CCC1C2. The molecule has 3 unspecified atom stereocenters. The number of rotatable bonds is 2. The quantitative estimate of drug-likeness (QED) is 0.870. The summed E-state index contributed by atoms with van der Waals surface area (Å²) in [5.74, 6) is 1.80. The van der Waals surface area contributed by atoms with Gasteiger partial charge in [0.1, 0.15) is 0 Å². The molecule has 1 heterocycles. The number of carbonyl (C=O) groups excluding carboxylic acids is 1. The first kappa shape index (κ1) is 12.8. The largest absolute Gasteiger partial charge is 0.302 e. The van der Waals surface area contributed by atoms with Crippen LogP contribution >= 0.6 is 27.3 Å². The molecule has 5 heteroatoms. The van der Waals surface area contributed by atoms with E-state index >= 15 is 0 Å². The number of nitrogens with one attached hydrogen (secondary N) is 1. The van der Waals surface area contributed by atoms with E-state index in [0.717, 1.165) is 32.2 Å². The lowest BCUT2D eigenvalue weighted by molar-refractivity contribution is -0.121. The van der Waals surface area contributed by atoms with Crippen LogP contribution in [-0.2, 0) is 4.79 Å². The average Bonchev–Trinajstić information content (AvgIpc) is 3.11. The van der Waals surface area contributed by atoms with Crippen molar-refractivity contribution in [2.45, 2.75) is 25.7 Å². The normalized spacial score (nSPS) is 28.1. The summed E-state index contributed by atoms with van der Waals surface area (Å²) in [6, 6.07) is 5.99. The number of hydrogen-bond acceptors (Lipinski definition) is 3. The van der Waals surface area contributed by atoms with Crippen molar-refractivity contribution in [2.75, 3.05) is 5.32 Å². The topological polar surface area (TPSA) is 42.0 Å². The van der Waals surface area contributed by atoms with E-state index in [4.69, 9.17) is 0 Å². The van der Waals surface area contributed by atoms with Crippen LogP contribution in [0.2, 0.25) is 0 Å². The first-order valence-corrected chi connectivity index (χ1v) is 8.67. The second-order valence-corrected chi connectivity index (χ2v) is 7.85. The van der Waals surface area contributed by atoms with Crippen molar-refractivity contribution in [3.05, 3.63) is 22.7 Å². The summed E-state index contributed by atoms with van der Waals surface area (Å²) in [7, 11) is 0. The molecular weight excluding hydrogens is 336 g/mol. The van der Waals surface area contributed by atoms with Gasteiger partial charge in [-0.1, -0.05) is 33.7 Å². The van der Waals surface area contributed by atoms with Gasteiger partial charge in [0.15, 0.2) is 5.13 Å². The van der Waals surface area contributed by atoms with Crippen molar-refractivity contribution in [1.29, 1.82) is 0 Å². The fourth-order valence-corrected chi connectivity index (χ4v) is 5.14. The highest BCUT2D eigenvalue weighted by molar-refractivity contribution is 9.10. The van der Waals surface area contributed by atoms with Crippen molar-refractivity contribution in [3.63, 3.8) is 0 Å². The number of halogens is 1. The first-order valence-electron chi connectivity index (χ1n) is 7.06. The monoisotopic (exact) mass is 350 g/mol. The molecule has 0 saturated heterocycles. The second kappa shape index (κ2) is 4.81. The Kier molecular flexibility index (Phi) is 3.07. The number of benzene rings is 1. The molecule has 2 bridgehead atoms. The molecule has 3 nitrogen and oxygen atoms in total. The molecule has 1 aromatic heterocycles. The Balaban J connectivity index is 1.53. The number of aromatic nitrogens is 1. The van der Waals surface area contributed by atoms with Gasteiger partial charge >= 0.3 is 0 Å². The van der Waals surface area contributed by atoms with Gasteiger partial charge in [0.05, 0.1) is 10.2 Å². The van der Waals surface area contributed by atoms with E-state index in [2.05, 4.69) is 26.2 Å². The Morgan fingerprint density at radius 2 is 2.25 bits per heavy atom. The number of fused-ring (bicyclic) bond motifs is 3. The minimum atomic E-state index is 0.176. The van der Waals surface area contributed by atoms with E-state index in [0.29, 0.717) is 5.92 Å². The number of amides is 1. The Hall–Kier alpha value is -0.940. The molecule has 1 N–H and O–H groups in total. The predicted octanol–water partition coefficient (Wildman–Crippen LogP) is 4.43. The maximum atomic E-state index is 12.4. The number of nitrogens with zero attached hydrogens (tertiary/aromatic N) is 1. The molecule has 0 aliphatic heterocycles. The van der Waals surface area contributed by atoms with E-state index in [-0.39, 0.29) is 11.8 Å². The summed E-state index contributed by atoms with van der Waals surface area (Å²) < 4.78 is 2.14. The molecule has 3 atom stereocenters. The number of anilines is 1. The van der Waals surface area contributed by atoms with Crippen molar-refractivity contribution >= 4 is 48.5 Å². The van der Waals surface area contributed by atoms with Crippen molar-refractivity contribution < 1.29 is 4.79 Å². The summed E-state index contributed by atoms with van der Waals surface area (Å²) in [6.45, 7) is 0. The minimum absolute atomic E-state index is 0.176. The zero-order valence-corrected chi connectivity index (χ0v) is 13.3. The van der Waals surface area contributed by atoms with Crippen LogP contribution in [0.15, 0.2) is 22.7 Å². The molecule has 1 amide bonds. The Morgan fingerprint density at radius 1 is 1.35 bits per heavy atom. The first-order chi connectivity index (χ1) is 9.69. The van der Waals surface area contributed by atoms with Gasteiger partial charge in [-0.3, -0.25) is 4.79 Å². The van der Waals surface area contributed by atoms with Gasteiger partial charge in [-0.15, -0.1) is 0 Å². The summed E-state index contributed by atoms with van der Waals surface area (Å²) in [5, 5.41) is 3.76. The lowest BCUT2D eigenvalue weighted by Crippen LogP contribution is -2.27. The van der Waals surface area contributed by atoms with Gasteiger partial charge in [-0.25, -0.2) is 4.98 Å². The zero-order chi connectivity index (χ0) is 13.7. The molecule has 2 aliphatic rings. The van der Waals surface area contributed by atoms with Crippen LogP contribution in [0, 0.1) is 17.8 Å². The molecule has 4 rings (SSSR count). The molecule has 20 heavy (non-hydrogen) atoms. The highest BCUT2D eigenvalue weighted by Gasteiger charge is 2.43. The molecule has 2 saturated carbocycles. The summed E-state index contributed by atoms with van der Waals surface area (Å²) in [5.41, 5.74) is 0.946. The number of hydrogen-bond donors (Lipinski definition) is 1. The smallest absolute Gasteiger partial charge is 0.229 e. The van der Waals surface area contributed by atoms with Crippen molar-refractivity contribution in [1.82, 2.24) is 4.98 Å². The lowest BCUT2D eigenvalue weighted by Gasteiger charge is -2.19. The van der Waals surface area contributed by atoms with Crippen LogP contribution in [-0.4, -0.2) is 10.9 Å². The van der Waals surface area contributed by atoms with Crippen LogP contribution in [0.5, 0.6) is 0 Å². The van der Waals surface area contributed by atoms with Crippen LogP contribution in [0.3, 0.4) is 0 Å². The highest BCUT2D eigenvalue weighted by atomic mass is 79.9. The summed E-state index contributed by atoms with van der Waals surface area (Å²) in [4.78, 5) is 16.9. The molecule has 0 spiro atoms. The molecule has 2 aromatic rings. The van der Waals surface area contributed by atoms with Crippen molar-refractivity contribution in [2.24, 2.45) is 17.8 Å². The van der Waals surface area contributed by atoms with Gasteiger partial charge in [0, 0.05) is 10.4 Å². The maximum absolute atomic E-state index is 12.4. The maximum Gasteiger partial charge on any atom is 0.229 e. The lowest BCUT2D eigenvalue weighted by atomic mass is 9.88. The molecular formula is C15H15BrN2OS. The number of carbonyl (C=O) groups is 1.